The normalized spacial score (nSPS) is 30.7. The van der Waals surface area contributed by atoms with Gasteiger partial charge in [0.1, 0.15) is 0 Å². The van der Waals surface area contributed by atoms with Crippen LogP contribution in [0.25, 0.3) is 0 Å². The molecule has 1 aliphatic rings. The van der Waals surface area contributed by atoms with Crippen LogP contribution in [0.2, 0.25) is 0 Å². The Kier molecular flexibility index (Phi) is 4.70. The van der Waals surface area contributed by atoms with E-state index in [1.807, 2.05) is 6.92 Å². The van der Waals surface area contributed by atoms with Gasteiger partial charge < -0.3 is 14.6 Å². The zero-order chi connectivity index (χ0) is 9.68. The first kappa shape index (κ1) is 11.0. The molecule has 1 heterocycles. The van der Waals surface area contributed by atoms with Crippen LogP contribution in [0.5, 0.6) is 0 Å². The van der Waals surface area contributed by atoms with Gasteiger partial charge >= 0.3 is 0 Å². The Morgan fingerprint density at radius 2 is 2.31 bits per heavy atom. The molecule has 78 valence electrons. The lowest BCUT2D eigenvalue weighted by Gasteiger charge is -2.15. The lowest BCUT2D eigenvalue weighted by atomic mass is 10.2. The Morgan fingerprint density at radius 3 is 2.85 bits per heavy atom. The third-order valence-corrected chi connectivity index (χ3v) is 2.29. The van der Waals surface area contributed by atoms with Crippen molar-refractivity contribution in [2.75, 3.05) is 6.61 Å². The summed E-state index contributed by atoms with van der Waals surface area (Å²) in [4.78, 5) is 0. The fourth-order valence-electron chi connectivity index (χ4n) is 1.52. The topological polar surface area (TPSA) is 38.7 Å². The summed E-state index contributed by atoms with van der Waals surface area (Å²) in [5.41, 5.74) is 0. The monoisotopic (exact) mass is 188 g/mol. The summed E-state index contributed by atoms with van der Waals surface area (Å²) in [6.07, 6.45) is 3.72. The molecule has 0 radical (unpaired) electrons. The SMILES string of the molecule is CCCC(O)COC1CCC(C)O1. The fraction of sp³-hybridized carbons (Fsp3) is 1.00. The van der Waals surface area contributed by atoms with Gasteiger partial charge in [-0.15, -0.1) is 0 Å². The first-order valence-electron chi connectivity index (χ1n) is 5.17. The summed E-state index contributed by atoms with van der Waals surface area (Å²) in [7, 11) is 0. The van der Waals surface area contributed by atoms with Crippen LogP contribution in [0.1, 0.15) is 39.5 Å². The number of ether oxygens (including phenoxy) is 2. The van der Waals surface area contributed by atoms with E-state index in [2.05, 4.69) is 6.92 Å². The molecular formula is C10H20O3. The minimum Gasteiger partial charge on any atom is -0.391 e. The zero-order valence-corrected chi connectivity index (χ0v) is 8.53. The van der Waals surface area contributed by atoms with Crippen molar-refractivity contribution in [1.29, 1.82) is 0 Å². The molecule has 0 bridgehead atoms. The van der Waals surface area contributed by atoms with E-state index in [0.717, 1.165) is 25.7 Å². The van der Waals surface area contributed by atoms with Gasteiger partial charge in [-0.05, 0) is 19.8 Å². The molecule has 3 nitrogen and oxygen atoms in total. The third-order valence-electron chi connectivity index (χ3n) is 2.29. The second-order valence-electron chi connectivity index (χ2n) is 3.73. The van der Waals surface area contributed by atoms with Gasteiger partial charge in [0.15, 0.2) is 6.29 Å². The highest BCUT2D eigenvalue weighted by atomic mass is 16.7. The van der Waals surface area contributed by atoms with Crippen LogP contribution < -0.4 is 0 Å². The molecule has 0 saturated carbocycles. The van der Waals surface area contributed by atoms with Crippen LogP contribution in [0.15, 0.2) is 0 Å². The van der Waals surface area contributed by atoms with Crippen LogP contribution >= 0.6 is 0 Å². The smallest absolute Gasteiger partial charge is 0.158 e. The second-order valence-corrected chi connectivity index (χ2v) is 3.73. The van der Waals surface area contributed by atoms with E-state index >= 15 is 0 Å². The summed E-state index contributed by atoms with van der Waals surface area (Å²) in [6.45, 7) is 4.51. The molecule has 13 heavy (non-hydrogen) atoms. The predicted octanol–water partition coefficient (Wildman–Crippen LogP) is 1.69. The van der Waals surface area contributed by atoms with Gasteiger partial charge in [-0.1, -0.05) is 13.3 Å². The molecule has 0 spiro atoms. The van der Waals surface area contributed by atoms with E-state index in [-0.39, 0.29) is 12.4 Å². The molecule has 1 N–H and O–H groups in total. The van der Waals surface area contributed by atoms with E-state index in [4.69, 9.17) is 9.47 Å². The Morgan fingerprint density at radius 1 is 1.54 bits per heavy atom. The van der Waals surface area contributed by atoms with Crippen molar-refractivity contribution in [3.05, 3.63) is 0 Å². The summed E-state index contributed by atoms with van der Waals surface area (Å²) in [6, 6.07) is 0. The highest BCUT2D eigenvalue weighted by Crippen LogP contribution is 2.20. The molecule has 3 unspecified atom stereocenters. The molecule has 0 amide bonds. The molecule has 3 heteroatoms. The summed E-state index contributed by atoms with van der Waals surface area (Å²) in [5.74, 6) is 0. The van der Waals surface area contributed by atoms with Crippen molar-refractivity contribution >= 4 is 0 Å². The summed E-state index contributed by atoms with van der Waals surface area (Å²) in [5, 5.41) is 9.39. The van der Waals surface area contributed by atoms with Crippen LogP contribution in [0.4, 0.5) is 0 Å². The Labute approximate surface area is 80.0 Å². The van der Waals surface area contributed by atoms with Gasteiger partial charge in [0, 0.05) is 6.42 Å². The van der Waals surface area contributed by atoms with Crippen molar-refractivity contribution in [2.24, 2.45) is 0 Å². The van der Waals surface area contributed by atoms with Crippen molar-refractivity contribution in [3.8, 4) is 0 Å². The highest BCUT2D eigenvalue weighted by Gasteiger charge is 2.22. The van der Waals surface area contributed by atoms with E-state index in [1.54, 1.807) is 0 Å². The largest absolute Gasteiger partial charge is 0.391 e. The van der Waals surface area contributed by atoms with Crippen LogP contribution in [0.3, 0.4) is 0 Å². The number of hydrogen-bond acceptors (Lipinski definition) is 3. The quantitative estimate of drug-likeness (QED) is 0.713. The molecular weight excluding hydrogens is 168 g/mol. The molecule has 0 aromatic heterocycles. The van der Waals surface area contributed by atoms with Gasteiger partial charge in [-0.25, -0.2) is 0 Å². The first-order valence-corrected chi connectivity index (χ1v) is 5.17. The lowest BCUT2D eigenvalue weighted by molar-refractivity contribution is -0.146. The third kappa shape index (κ3) is 4.07. The standard InChI is InChI=1S/C10H20O3/c1-3-4-9(11)7-12-10-6-5-8(2)13-10/h8-11H,3-7H2,1-2H3. The maximum atomic E-state index is 9.39. The molecule has 1 rings (SSSR count). The highest BCUT2D eigenvalue weighted by molar-refractivity contribution is 4.64. The Bertz CT molecular complexity index is 138. The first-order chi connectivity index (χ1) is 6.22. The number of aliphatic hydroxyl groups is 1. The van der Waals surface area contributed by atoms with E-state index in [9.17, 15) is 5.11 Å². The predicted molar refractivity (Wildman–Crippen MR) is 50.4 cm³/mol. The van der Waals surface area contributed by atoms with Gasteiger partial charge in [0.2, 0.25) is 0 Å². The van der Waals surface area contributed by atoms with E-state index in [1.165, 1.54) is 0 Å². The molecule has 0 aliphatic carbocycles. The number of rotatable bonds is 5. The minimum absolute atomic E-state index is 0.0819. The Hall–Kier alpha value is -0.120. The van der Waals surface area contributed by atoms with Gasteiger partial charge in [-0.3, -0.25) is 0 Å². The zero-order valence-electron chi connectivity index (χ0n) is 8.53. The van der Waals surface area contributed by atoms with Crippen LogP contribution in [0, 0.1) is 0 Å². The number of hydrogen-bond donors (Lipinski definition) is 1. The van der Waals surface area contributed by atoms with Crippen molar-refractivity contribution in [2.45, 2.75) is 58.0 Å². The lowest BCUT2D eigenvalue weighted by Crippen LogP contribution is -2.21. The number of aliphatic hydroxyl groups excluding tert-OH is 1. The maximum Gasteiger partial charge on any atom is 0.158 e. The van der Waals surface area contributed by atoms with Crippen molar-refractivity contribution in [1.82, 2.24) is 0 Å². The molecule has 1 fully saturated rings. The minimum atomic E-state index is -0.329. The van der Waals surface area contributed by atoms with Gasteiger partial charge in [0.25, 0.3) is 0 Å². The van der Waals surface area contributed by atoms with Gasteiger partial charge in [-0.2, -0.15) is 0 Å². The van der Waals surface area contributed by atoms with Crippen LogP contribution in [-0.2, 0) is 9.47 Å². The molecule has 0 aromatic rings. The fourth-order valence-corrected chi connectivity index (χ4v) is 1.52. The van der Waals surface area contributed by atoms with Crippen molar-refractivity contribution < 1.29 is 14.6 Å². The summed E-state index contributed by atoms with van der Waals surface area (Å²) < 4.78 is 10.9. The molecule has 3 atom stereocenters. The Balaban J connectivity index is 2.05. The van der Waals surface area contributed by atoms with Gasteiger partial charge in [0.05, 0.1) is 18.8 Å². The van der Waals surface area contributed by atoms with Crippen LogP contribution in [-0.4, -0.2) is 30.2 Å². The maximum absolute atomic E-state index is 9.39. The van der Waals surface area contributed by atoms with Crippen molar-refractivity contribution in [3.63, 3.8) is 0 Å². The second kappa shape index (κ2) is 5.58. The van der Waals surface area contributed by atoms with E-state index < -0.39 is 0 Å². The average Bonchev–Trinajstić information content (AvgIpc) is 2.49. The molecule has 1 saturated heterocycles. The summed E-state index contributed by atoms with van der Waals surface area (Å²) >= 11 is 0. The average molecular weight is 188 g/mol. The molecule has 1 aliphatic heterocycles. The molecule has 0 aromatic carbocycles. The van der Waals surface area contributed by atoms with E-state index in [0.29, 0.717) is 12.7 Å².